The lowest BCUT2D eigenvalue weighted by Crippen LogP contribution is -2.65. The fourth-order valence-electron chi connectivity index (χ4n) is 1.76. The number of carbonyl (C=O) groups excluding carboxylic acids is 1. The van der Waals surface area contributed by atoms with E-state index in [1.54, 1.807) is 16.7 Å². The molecule has 104 valence electrons. The quantitative estimate of drug-likeness (QED) is 0.667. The zero-order chi connectivity index (χ0) is 13.6. The lowest BCUT2D eigenvalue weighted by molar-refractivity contribution is -0.159. The van der Waals surface area contributed by atoms with Crippen LogP contribution in [0.15, 0.2) is 0 Å². The molecule has 0 aromatic carbocycles. The molecule has 1 fully saturated rings. The maximum Gasteiger partial charge on any atom is 0.329 e. The normalized spacial score (nSPS) is 17.1. The van der Waals surface area contributed by atoms with Gasteiger partial charge < -0.3 is 20.1 Å². The second kappa shape index (κ2) is 6.84. The van der Waals surface area contributed by atoms with Crippen LogP contribution in [0, 0.1) is 0 Å². The zero-order valence-electron chi connectivity index (χ0n) is 10.8. The summed E-state index contributed by atoms with van der Waals surface area (Å²) in [6.07, 6.45) is 2.98. The molecule has 0 aliphatic carbocycles. The van der Waals surface area contributed by atoms with Crippen LogP contribution in [-0.4, -0.2) is 65.9 Å². The minimum atomic E-state index is -0.990. The summed E-state index contributed by atoms with van der Waals surface area (Å²) in [6, 6.07) is -0.104. The molecule has 1 aliphatic rings. The lowest BCUT2D eigenvalue weighted by Gasteiger charge is -2.46. The molecule has 0 spiro atoms. The summed E-state index contributed by atoms with van der Waals surface area (Å²) in [6.45, 7) is 3.04. The number of nitrogens with zero attached hydrogens (tertiary/aromatic N) is 1. The SMILES string of the molecule is CSCCCNC(=O)N1CC(C)(OCC(=O)O)C1. The summed E-state index contributed by atoms with van der Waals surface area (Å²) in [4.78, 5) is 23.7. The molecule has 2 amide bonds. The first-order valence-electron chi connectivity index (χ1n) is 5.84. The van der Waals surface area contributed by atoms with E-state index in [4.69, 9.17) is 9.84 Å². The van der Waals surface area contributed by atoms with Gasteiger partial charge in [-0.25, -0.2) is 9.59 Å². The van der Waals surface area contributed by atoms with E-state index >= 15 is 0 Å². The van der Waals surface area contributed by atoms with Gasteiger partial charge in [0.05, 0.1) is 13.1 Å². The van der Waals surface area contributed by atoms with E-state index in [0.717, 1.165) is 12.2 Å². The van der Waals surface area contributed by atoms with Gasteiger partial charge in [-0.1, -0.05) is 0 Å². The minimum Gasteiger partial charge on any atom is -0.480 e. The number of hydrogen-bond acceptors (Lipinski definition) is 4. The van der Waals surface area contributed by atoms with Crippen LogP contribution in [0.5, 0.6) is 0 Å². The van der Waals surface area contributed by atoms with Crippen molar-refractivity contribution in [3.8, 4) is 0 Å². The number of rotatable bonds is 7. The predicted octanol–water partition coefficient (Wildman–Crippen LogP) is 0.625. The largest absolute Gasteiger partial charge is 0.480 e. The van der Waals surface area contributed by atoms with Crippen molar-refractivity contribution in [3.05, 3.63) is 0 Å². The molecule has 0 bridgehead atoms. The number of hydrogen-bond donors (Lipinski definition) is 2. The third kappa shape index (κ3) is 4.73. The van der Waals surface area contributed by atoms with Gasteiger partial charge in [0.15, 0.2) is 0 Å². The van der Waals surface area contributed by atoms with Crippen molar-refractivity contribution in [2.24, 2.45) is 0 Å². The minimum absolute atomic E-state index is 0.104. The Morgan fingerprint density at radius 3 is 2.72 bits per heavy atom. The molecule has 0 aromatic heterocycles. The molecule has 1 heterocycles. The topological polar surface area (TPSA) is 78.9 Å². The van der Waals surface area contributed by atoms with Crippen molar-refractivity contribution >= 4 is 23.8 Å². The van der Waals surface area contributed by atoms with E-state index in [0.29, 0.717) is 19.6 Å². The number of likely N-dealkylation sites (tertiary alicyclic amines) is 1. The Kier molecular flexibility index (Phi) is 5.74. The smallest absolute Gasteiger partial charge is 0.329 e. The molecule has 0 saturated carbocycles. The molecule has 2 N–H and O–H groups in total. The summed E-state index contributed by atoms with van der Waals surface area (Å²) in [5.41, 5.74) is -0.519. The molecule has 1 saturated heterocycles. The van der Waals surface area contributed by atoms with Gasteiger partial charge >= 0.3 is 12.0 Å². The van der Waals surface area contributed by atoms with Gasteiger partial charge in [0.1, 0.15) is 12.2 Å². The molecular formula is C11H20N2O4S. The first kappa shape index (κ1) is 15.1. The van der Waals surface area contributed by atoms with Crippen LogP contribution in [0.3, 0.4) is 0 Å². The van der Waals surface area contributed by atoms with E-state index < -0.39 is 11.6 Å². The molecular weight excluding hydrogens is 256 g/mol. The van der Waals surface area contributed by atoms with Crippen LogP contribution in [0.4, 0.5) is 4.79 Å². The maximum absolute atomic E-state index is 11.7. The molecule has 18 heavy (non-hydrogen) atoms. The Morgan fingerprint density at radius 1 is 1.50 bits per heavy atom. The Labute approximate surface area is 111 Å². The highest BCUT2D eigenvalue weighted by atomic mass is 32.2. The number of carboxylic acid groups (broad SMARTS) is 1. The molecule has 0 radical (unpaired) electrons. The van der Waals surface area contributed by atoms with Gasteiger partial charge in [0, 0.05) is 6.54 Å². The van der Waals surface area contributed by atoms with Crippen LogP contribution >= 0.6 is 11.8 Å². The summed E-state index contributed by atoms with van der Waals surface area (Å²) in [5.74, 6) is 0.0379. The molecule has 1 rings (SSSR count). The monoisotopic (exact) mass is 276 g/mol. The van der Waals surface area contributed by atoms with Crippen LogP contribution in [-0.2, 0) is 9.53 Å². The fourth-order valence-corrected chi connectivity index (χ4v) is 2.19. The first-order valence-corrected chi connectivity index (χ1v) is 7.24. The van der Waals surface area contributed by atoms with Crippen LogP contribution in [0.2, 0.25) is 0 Å². The Bertz CT molecular complexity index is 305. The Hall–Kier alpha value is -0.950. The van der Waals surface area contributed by atoms with E-state index in [2.05, 4.69) is 5.32 Å². The van der Waals surface area contributed by atoms with Gasteiger partial charge in [0.2, 0.25) is 0 Å². The van der Waals surface area contributed by atoms with Crippen molar-refractivity contribution in [2.75, 3.05) is 38.2 Å². The van der Waals surface area contributed by atoms with Crippen LogP contribution in [0.25, 0.3) is 0 Å². The molecule has 6 nitrogen and oxygen atoms in total. The number of carboxylic acids is 1. The highest BCUT2D eigenvalue weighted by Gasteiger charge is 2.42. The molecule has 0 atom stereocenters. The van der Waals surface area contributed by atoms with E-state index in [9.17, 15) is 9.59 Å². The van der Waals surface area contributed by atoms with E-state index in [-0.39, 0.29) is 12.6 Å². The number of amides is 2. The van der Waals surface area contributed by atoms with Crippen molar-refractivity contribution < 1.29 is 19.4 Å². The number of nitrogens with one attached hydrogen (secondary N) is 1. The number of aliphatic carboxylic acids is 1. The molecule has 7 heteroatoms. The van der Waals surface area contributed by atoms with Crippen molar-refractivity contribution in [1.82, 2.24) is 10.2 Å². The highest BCUT2D eigenvalue weighted by Crippen LogP contribution is 2.24. The van der Waals surface area contributed by atoms with Crippen molar-refractivity contribution in [3.63, 3.8) is 0 Å². The zero-order valence-corrected chi connectivity index (χ0v) is 11.6. The van der Waals surface area contributed by atoms with Crippen LogP contribution in [0.1, 0.15) is 13.3 Å². The second-order valence-corrected chi connectivity index (χ2v) is 5.55. The Balaban J connectivity index is 2.16. The lowest BCUT2D eigenvalue weighted by atomic mass is 9.97. The summed E-state index contributed by atoms with van der Waals surface area (Å²) in [5, 5.41) is 11.3. The van der Waals surface area contributed by atoms with Gasteiger partial charge in [-0.3, -0.25) is 0 Å². The molecule has 1 aliphatic heterocycles. The third-order valence-corrected chi connectivity index (χ3v) is 3.38. The first-order chi connectivity index (χ1) is 8.47. The highest BCUT2D eigenvalue weighted by molar-refractivity contribution is 7.98. The average Bonchev–Trinajstić information content (AvgIpc) is 2.28. The Morgan fingerprint density at radius 2 is 2.17 bits per heavy atom. The summed E-state index contributed by atoms with van der Waals surface area (Å²) in [7, 11) is 0. The number of urea groups is 1. The number of thioether (sulfide) groups is 1. The van der Waals surface area contributed by atoms with Gasteiger partial charge in [-0.05, 0) is 25.4 Å². The maximum atomic E-state index is 11.7. The van der Waals surface area contributed by atoms with E-state index in [1.807, 2.05) is 13.2 Å². The fraction of sp³-hybridized carbons (Fsp3) is 0.818. The van der Waals surface area contributed by atoms with E-state index in [1.165, 1.54) is 0 Å². The average molecular weight is 276 g/mol. The van der Waals surface area contributed by atoms with Crippen molar-refractivity contribution in [1.29, 1.82) is 0 Å². The molecule has 0 aromatic rings. The number of ether oxygens (including phenoxy) is 1. The van der Waals surface area contributed by atoms with Gasteiger partial charge in [-0.15, -0.1) is 0 Å². The summed E-state index contributed by atoms with van der Waals surface area (Å²) < 4.78 is 5.23. The standard InChI is InChI=1S/C11H20N2O4S/c1-11(17-6-9(14)15)7-13(8-11)10(16)12-4-3-5-18-2/h3-8H2,1-2H3,(H,12,16)(H,14,15). The third-order valence-electron chi connectivity index (χ3n) is 2.68. The second-order valence-electron chi connectivity index (χ2n) is 4.57. The predicted molar refractivity (Wildman–Crippen MR) is 70.0 cm³/mol. The van der Waals surface area contributed by atoms with Crippen LogP contribution < -0.4 is 5.32 Å². The van der Waals surface area contributed by atoms with Gasteiger partial charge in [0.25, 0.3) is 0 Å². The number of carbonyl (C=O) groups is 2. The van der Waals surface area contributed by atoms with Crippen molar-refractivity contribution in [2.45, 2.75) is 18.9 Å². The summed E-state index contributed by atoms with van der Waals surface area (Å²) >= 11 is 1.75. The molecule has 0 unspecified atom stereocenters. The van der Waals surface area contributed by atoms with Gasteiger partial charge in [-0.2, -0.15) is 11.8 Å².